The second kappa shape index (κ2) is 3.06. The van der Waals surface area contributed by atoms with Crippen LogP contribution in [0.15, 0.2) is 28.7 Å². The number of ether oxygens (including phenoxy) is 1. The van der Waals surface area contributed by atoms with Crippen molar-refractivity contribution in [3.8, 4) is 5.75 Å². The molecule has 2 rings (SSSR count). The molecule has 0 fully saturated rings. The molecule has 1 heterocycles. The quantitative estimate of drug-likeness (QED) is 0.791. The van der Waals surface area contributed by atoms with Crippen LogP contribution in [0.4, 0.5) is 0 Å². The smallest absolute Gasteiger partial charge is 0.371 e. The van der Waals surface area contributed by atoms with Crippen LogP contribution >= 0.6 is 0 Å². The van der Waals surface area contributed by atoms with Crippen LogP contribution in [0.2, 0.25) is 0 Å². The summed E-state index contributed by atoms with van der Waals surface area (Å²) in [5, 5.41) is 9.44. The van der Waals surface area contributed by atoms with Crippen LogP contribution in [0, 0.1) is 0 Å². The molecule has 72 valence electrons. The lowest BCUT2D eigenvalue weighted by Crippen LogP contribution is -1.91. The van der Waals surface area contributed by atoms with E-state index >= 15 is 0 Å². The van der Waals surface area contributed by atoms with Gasteiger partial charge in [-0.2, -0.15) is 0 Å². The fraction of sp³-hybridized carbons (Fsp3) is 0.100. The number of hydrogen-bond acceptors (Lipinski definition) is 3. The first-order valence-corrected chi connectivity index (χ1v) is 4.02. The van der Waals surface area contributed by atoms with Crippen LogP contribution in [-0.2, 0) is 0 Å². The first kappa shape index (κ1) is 8.62. The molecular formula is C10H8O4. The molecule has 0 aliphatic heterocycles. The average molecular weight is 192 g/mol. The number of rotatable bonds is 2. The molecular weight excluding hydrogens is 184 g/mol. The van der Waals surface area contributed by atoms with E-state index in [-0.39, 0.29) is 5.76 Å². The van der Waals surface area contributed by atoms with E-state index < -0.39 is 5.97 Å². The summed E-state index contributed by atoms with van der Waals surface area (Å²) in [6.45, 7) is 0. The van der Waals surface area contributed by atoms with Crippen LogP contribution in [0.25, 0.3) is 11.0 Å². The van der Waals surface area contributed by atoms with Crippen LogP contribution in [0.1, 0.15) is 10.6 Å². The third kappa shape index (κ3) is 1.21. The minimum atomic E-state index is -1.08. The predicted molar refractivity (Wildman–Crippen MR) is 49.7 cm³/mol. The molecule has 0 amide bonds. The first-order chi connectivity index (χ1) is 6.72. The highest BCUT2D eigenvalue weighted by Crippen LogP contribution is 2.28. The second-order valence-corrected chi connectivity index (χ2v) is 2.79. The molecule has 0 atom stereocenters. The summed E-state index contributed by atoms with van der Waals surface area (Å²) >= 11 is 0. The lowest BCUT2D eigenvalue weighted by Gasteiger charge is -1.97. The van der Waals surface area contributed by atoms with Gasteiger partial charge in [0.15, 0.2) is 11.3 Å². The number of benzene rings is 1. The maximum Gasteiger partial charge on any atom is 0.371 e. The minimum absolute atomic E-state index is 0.0792. The number of carboxylic acid groups (broad SMARTS) is 1. The Labute approximate surface area is 79.7 Å². The van der Waals surface area contributed by atoms with Gasteiger partial charge in [0.2, 0.25) is 5.76 Å². The van der Waals surface area contributed by atoms with Crippen molar-refractivity contribution < 1.29 is 19.1 Å². The van der Waals surface area contributed by atoms with E-state index in [1.165, 1.54) is 13.2 Å². The van der Waals surface area contributed by atoms with Gasteiger partial charge in [-0.05, 0) is 12.1 Å². The van der Waals surface area contributed by atoms with Crippen LogP contribution in [0.3, 0.4) is 0 Å². The number of fused-ring (bicyclic) bond motifs is 1. The summed E-state index contributed by atoms with van der Waals surface area (Å²) in [5.41, 5.74) is 0.465. The normalized spacial score (nSPS) is 10.4. The Morgan fingerprint density at radius 1 is 1.50 bits per heavy atom. The molecule has 0 bridgehead atoms. The van der Waals surface area contributed by atoms with Crippen molar-refractivity contribution in [2.45, 2.75) is 0 Å². The van der Waals surface area contributed by atoms with Gasteiger partial charge in [-0.15, -0.1) is 0 Å². The van der Waals surface area contributed by atoms with Crippen LogP contribution in [-0.4, -0.2) is 18.2 Å². The molecule has 0 saturated heterocycles. The van der Waals surface area contributed by atoms with Gasteiger partial charge >= 0.3 is 5.97 Å². The summed E-state index contributed by atoms with van der Waals surface area (Å²) in [6, 6.07) is 6.74. The summed E-state index contributed by atoms with van der Waals surface area (Å²) in [6.07, 6.45) is 0. The number of para-hydroxylation sites is 1. The van der Waals surface area contributed by atoms with E-state index in [4.69, 9.17) is 14.3 Å². The van der Waals surface area contributed by atoms with Gasteiger partial charge in [-0.25, -0.2) is 4.79 Å². The van der Waals surface area contributed by atoms with Crippen molar-refractivity contribution in [3.05, 3.63) is 30.0 Å². The van der Waals surface area contributed by atoms with Gasteiger partial charge in [0.05, 0.1) is 7.11 Å². The average Bonchev–Trinajstić information content (AvgIpc) is 2.60. The van der Waals surface area contributed by atoms with E-state index in [9.17, 15) is 4.79 Å². The number of aromatic carboxylic acids is 1. The van der Waals surface area contributed by atoms with Crippen molar-refractivity contribution in [3.63, 3.8) is 0 Å². The summed E-state index contributed by atoms with van der Waals surface area (Å²) in [4.78, 5) is 10.6. The molecule has 4 heteroatoms. The first-order valence-electron chi connectivity index (χ1n) is 4.02. The molecule has 0 unspecified atom stereocenters. The number of methoxy groups -OCH3 is 1. The van der Waals surface area contributed by atoms with E-state index in [0.29, 0.717) is 11.3 Å². The second-order valence-electron chi connectivity index (χ2n) is 2.79. The molecule has 1 aromatic heterocycles. The topological polar surface area (TPSA) is 59.7 Å². The Hall–Kier alpha value is -1.97. The van der Waals surface area contributed by atoms with Crippen molar-refractivity contribution in [2.24, 2.45) is 0 Å². The Morgan fingerprint density at radius 2 is 2.29 bits per heavy atom. The third-order valence-corrected chi connectivity index (χ3v) is 1.94. The molecule has 1 N–H and O–H groups in total. The Kier molecular flexibility index (Phi) is 1.89. The molecule has 1 aromatic carbocycles. The van der Waals surface area contributed by atoms with E-state index in [0.717, 1.165) is 5.39 Å². The highest BCUT2D eigenvalue weighted by molar-refractivity contribution is 5.93. The van der Waals surface area contributed by atoms with Crippen molar-refractivity contribution >= 4 is 16.9 Å². The number of hydrogen-bond donors (Lipinski definition) is 1. The van der Waals surface area contributed by atoms with Crippen LogP contribution < -0.4 is 4.74 Å². The highest BCUT2D eigenvalue weighted by Gasteiger charge is 2.12. The third-order valence-electron chi connectivity index (χ3n) is 1.94. The standard InChI is InChI=1S/C10H8O4/c1-13-7-4-2-3-6-5-8(10(11)12)14-9(6)7/h2-5H,1H3,(H,11,12). The SMILES string of the molecule is COc1cccc2cc(C(=O)O)oc12. The molecule has 0 spiro atoms. The van der Waals surface area contributed by atoms with Gasteiger partial charge in [-0.3, -0.25) is 0 Å². The molecule has 0 saturated carbocycles. The van der Waals surface area contributed by atoms with Gasteiger partial charge in [0.1, 0.15) is 0 Å². The summed E-state index contributed by atoms with van der Waals surface area (Å²) < 4.78 is 10.2. The Morgan fingerprint density at radius 3 is 2.93 bits per heavy atom. The largest absolute Gasteiger partial charge is 0.493 e. The zero-order chi connectivity index (χ0) is 10.1. The zero-order valence-electron chi connectivity index (χ0n) is 7.48. The van der Waals surface area contributed by atoms with Crippen molar-refractivity contribution in [1.82, 2.24) is 0 Å². The zero-order valence-corrected chi connectivity index (χ0v) is 7.48. The van der Waals surface area contributed by atoms with Crippen molar-refractivity contribution in [1.29, 1.82) is 0 Å². The molecule has 2 aromatic rings. The number of carboxylic acids is 1. The van der Waals surface area contributed by atoms with E-state index in [2.05, 4.69) is 0 Å². The predicted octanol–water partition coefficient (Wildman–Crippen LogP) is 2.14. The molecule has 0 aliphatic rings. The van der Waals surface area contributed by atoms with E-state index in [1.807, 2.05) is 0 Å². The molecule has 0 aliphatic carbocycles. The lowest BCUT2D eigenvalue weighted by molar-refractivity contribution is 0.0665. The monoisotopic (exact) mass is 192 g/mol. The fourth-order valence-corrected chi connectivity index (χ4v) is 1.30. The fourth-order valence-electron chi connectivity index (χ4n) is 1.30. The Bertz CT molecular complexity index is 484. The number of furan rings is 1. The highest BCUT2D eigenvalue weighted by atomic mass is 16.5. The van der Waals surface area contributed by atoms with Crippen LogP contribution in [0.5, 0.6) is 5.75 Å². The Balaban J connectivity index is 2.70. The summed E-state index contributed by atoms with van der Waals surface area (Å²) in [5.74, 6) is -0.622. The van der Waals surface area contributed by atoms with E-state index in [1.54, 1.807) is 18.2 Å². The maximum absolute atomic E-state index is 10.6. The lowest BCUT2D eigenvalue weighted by atomic mass is 10.2. The maximum atomic E-state index is 10.6. The summed E-state index contributed by atoms with van der Waals surface area (Å²) in [7, 11) is 1.51. The molecule has 0 radical (unpaired) electrons. The molecule has 4 nitrogen and oxygen atoms in total. The van der Waals surface area contributed by atoms with Gasteiger partial charge < -0.3 is 14.3 Å². The van der Waals surface area contributed by atoms with Gasteiger partial charge in [0.25, 0.3) is 0 Å². The molecule has 14 heavy (non-hydrogen) atoms. The minimum Gasteiger partial charge on any atom is -0.493 e. The van der Waals surface area contributed by atoms with Gasteiger partial charge in [0, 0.05) is 5.39 Å². The number of carbonyl (C=O) groups is 1. The van der Waals surface area contributed by atoms with Gasteiger partial charge in [-0.1, -0.05) is 12.1 Å². The van der Waals surface area contributed by atoms with Crippen molar-refractivity contribution in [2.75, 3.05) is 7.11 Å².